The summed E-state index contributed by atoms with van der Waals surface area (Å²) in [5.41, 5.74) is 1.70. The molecular formula is C14H17NO4. The smallest absolute Gasteiger partial charge is 0.344 e. The van der Waals surface area contributed by atoms with Crippen LogP contribution in [0.1, 0.15) is 12.5 Å². The molecule has 102 valence electrons. The summed E-state index contributed by atoms with van der Waals surface area (Å²) in [5.74, 6) is -1.71. The molecule has 0 aliphatic rings. The molecule has 1 aromatic carbocycles. The molecule has 0 saturated heterocycles. The number of carbonyl (C=O) groups is 2. The lowest BCUT2D eigenvalue weighted by Crippen LogP contribution is -2.24. The lowest BCUT2D eigenvalue weighted by Gasteiger charge is -2.09. The van der Waals surface area contributed by atoms with Gasteiger partial charge in [-0.2, -0.15) is 0 Å². The highest BCUT2D eigenvalue weighted by atomic mass is 16.6. The number of carboxylic acids is 1. The molecule has 0 bridgehead atoms. The third-order valence-corrected chi connectivity index (χ3v) is 2.41. The first kappa shape index (κ1) is 14.8. The van der Waals surface area contributed by atoms with Crippen LogP contribution in [0.3, 0.4) is 0 Å². The molecule has 5 nitrogen and oxygen atoms in total. The molecule has 0 radical (unpaired) electrons. The summed E-state index contributed by atoms with van der Waals surface area (Å²) >= 11 is 0. The Labute approximate surface area is 111 Å². The molecule has 0 aromatic heterocycles. The second-order valence-electron chi connectivity index (χ2n) is 4.01. The maximum Gasteiger partial charge on any atom is 0.344 e. The minimum atomic E-state index is -1.16. The monoisotopic (exact) mass is 263 g/mol. The van der Waals surface area contributed by atoms with Crippen LogP contribution in [-0.4, -0.2) is 29.7 Å². The van der Waals surface area contributed by atoms with Crippen LogP contribution in [0.5, 0.6) is 0 Å². The second-order valence-corrected chi connectivity index (χ2v) is 4.01. The molecule has 19 heavy (non-hydrogen) atoms. The van der Waals surface area contributed by atoms with E-state index in [9.17, 15) is 9.59 Å². The number of carboxylic acid groups (broad SMARTS) is 1. The SMILES string of the molecule is C=CCNc1ccc(CC(=O)OC(C)C(=O)O)cc1. The average molecular weight is 263 g/mol. The van der Waals surface area contributed by atoms with Gasteiger partial charge in [0.05, 0.1) is 6.42 Å². The maximum atomic E-state index is 11.5. The third kappa shape index (κ3) is 5.25. The average Bonchev–Trinajstić information content (AvgIpc) is 2.37. The minimum absolute atomic E-state index is 0.0549. The van der Waals surface area contributed by atoms with Crippen molar-refractivity contribution in [3.05, 3.63) is 42.5 Å². The van der Waals surface area contributed by atoms with Crippen LogP contribution in [0.25, 0.3) is 0 Å². The van der Waals surface area contributed by atoms with Crippen LogP contribution in [0.4, 0.5) is 5.69 Å². The van der Waals surface area contributed by atoms with Gasteiger partial charge < -0.3 is 15.2 Å². The summed E-state index contributed by atoms with van der Waals surface area (Å²) in [4.78, 5) is 22.0. The van der Waals surface area contributed by atoms with Crippen LogP contribution >= 0.6 is 0 Å². The summed E-state index contributed by atoms with van der Waals surface area (Å²) in [6, 6.07) is 7.26. The Hall–Kier alpha value is -2.30. The number of nitrogens with one attached hydrogen (secondary N) is 1. The number of rotatable bonds is 7. The molecule has 2 N–H and O–H groups in total. The lowest BCUT2D eigenvalue weighted by atomic mass is 10.1. The predicted molar refractivity (Wildman–Crippen MR) is 72.0 cm³/mol. The quantitative estimate of drug-likeness (QED) is 0.580. The van der Waals surface area contributed by atoms with Gasteiger partial charge in [0.2, 0.25) is 0 Å². The molecule has 0 aliphatic carbocycles. The predicted octanol–water partition coefficient (Wildman–Crippen LogP) is 1.84. The molecule has 5 heteroatoms. The highest BCUT2D eigenvalue weighted by Gasteiger charge is 2.16. The number of carbonyl (C=O) groups excluding carboxylic acids is 1. The number of anilines is 1. The number of benzene rings is 1. The first-order valence-corrected chi connectivity index (χ1v) is 5.89. The Balaban J connectivity index is 2.50. The van der Waals surface area contributed by atoms with Crippen molar-refractivity contribution >= 4 is 17.6 Å². The summed E-state index contributed by atoms with van der Waals surface area (Å²) in [7, 11) is 0. The first-order chi connectivity index (χ1) is 9.02. The Morgan fingerprint density at radius 2 is 2.05 bits per heavy atom. The molecule has 0 aliphatic heterocycles. The molecule has 0 amide bonds. The highest BCUT2D eigenvalue weighted by Crippen LogP contribution is 2.10. The van der Waals surface area contributed by atoms with Crippen LogP contribution < -0.4 is 5.32 Å². The largest absolute Gasteiger partial charge is 0.479 e. The Bertz CT molecular complexity index is 453. The third-order valence-electron chi connectivity index (χ3n) is 2.41. The molecule has 1 atom stereocenters. The van der Waals surface area contributed by atoms with Crippen LogP contribution in [0.2, 0.25) is 0 Å². The van der Waals surface area contributed by atoms with Gasteiger partial charge in [0.25, 0.3) is 0 Å². The molecular weight excluding hydrogens is 246 g/mol. The van der Waals surface area contributed by atoms with E-state index in [1.54, 1.807) is 18.2 Å². The maximum absolute atomic E-state index is 11.5. The van der Waals surface area contributed by atoms with Gasteiger partial charge in [-0.25, -0.2) is 4.79 Å². The summed E-state index contributed by atoms with van der Waals surface area (Å²) in [6.45, 7) is 5.59. The molecule has 0 fully saturated rings. The zero-order valence-electron chi connectivity index (χ0n) is 10.8. The Kier molecular flexibility index (Phi) is 5.60. The van der Waals surface area contributed by atoms with Crippen LogP contribution in [-0.2, 0) is 20.7 Å². The van der Waals surface area contributed by atoms with Crippen LogP contribution in [0.15, 0.2) is 36.9 Å². The topological polar surface area (TPSA) is 75.6 Å². The van der Waals surface area contributed by atoms with Gasteiger partial charge in [0.1, 0.15) is 0 Å². The van der Waals surface area contributed by atoms with Gasteiger partial charge in [-0.3, -0.25) is 4.79 Å². The zero-order chi connectivity index (χ0) is 14.3. The van der Waals surface area contributed by atoms with Gasteiger partial charge in [-0.15, -0.1) is 6.58 Å². The Morgan fingerprint density at radius 3 is 2.58 bits per heavy atom. The van der Waals surface area contributed by atoms with Gasteiger partial charge in [-0.05, 0) is 24.6 Å². The van der Waals surface area contributed by atoms with Crippen molar-refractivity contribution in [1.29, 1.82) is 0 Å². The zero-order valence-corrected chi connectivity index (χ0v) is 10.8. The molecule has 1 rings (SSSR count). The summed E-state index contributed by atoms with van der Waals surface area (Å²) < 4.78 is 4.74. The normalized spacial score (nSPS) is 11.4. The highest BCUT2D eigenvalue weighted by molar-refractivity contribution is 5.78. The fraction of sp³-hybridized carbons (Fsp3) is 0.286. The number of aliphatic carboxylic acids is 1. The number of hydrogen-bond donors (Lipinski definition) is 2. The lowest BCUT2D eigenvalue weighted by molar-refractivity contribution is -0.162. The van der Waals surface area contributed by atoms with Crippen molar-refractivity contribution < 1.29 is 19.4 Å². The molecule has 1 unspecified atom stereocenters. The molecule has 0 heterocycles. The van der Waals surface area contributed by atoms with Crippen molar-refractivity contribution in [3.8, 4) is 0 Å². The summed E-state index contributed by atoms with van der Waals surface area (Å²) in [6.07, 6.45) is 0.679. The number of esters is 1. The van der Waals surface area contributed by atoms with E-state index in [0.717, 1.165) is 11.3 Å². The van der Waals surface area contributed by atoms with Crippen molar-refractivity contribution in [2.45, 2.75) is 19.4 Å². The fourth-order valence-electron chi connectivity index (χ4n) is 1.39. The van der Waals surface area contributed by atoms with Crippen molar-refractivity contribution in [2.24, 2.45) is 0 Å². The Morgan fingerprint density at radius 1 is 1.42 bits per heavy atom. The van der Waals surface area contributed by atoms with E-state index in [0.29, 0.717) is 6.54 Å². The van der Waals surface area contributed by atoms with Gasteiger partial charge in [0.15, 0.2) is 6.10 Å². The molecule has 0 spiro atoms. The van der Waals surface area contributed by atoms with E-state index in [1.165, 1.54) is 6.92 Å². The van der Waals surface area contributed by atoms with Gasteiger partial charge >= 0.3 is 11.9 Å². The van der Waals surface area contributed by atoms with Crippen molar-refractivity contribution in [2.75, 3.05) is 11.9 Å². The fourth-order valence-corrected chi connectivity index (χ4v) is 1.39. The van der Waals surface area contributed by atoms with Gasteiger partial charge in [-0.1, -0.05) is 18.2 Å². The minimum Gasteiger partial charge on any atom is -0.479 e. The first-order valence-electron chi connectivity index (χ1n) is 5.89. The molecule has 1 aromatic rings. The standard InChI is InChI=1S/C14H17NO4/c1-3-8-15-12-6-4-11(5-7-12)9-13(16)19-10(2)14(17)18/h3-7,10,15H,1,8-9H2,2H3,(H,17,18). The number of ether oxygens (including phenoxy) is 1. The van der Waals surface area contributed by atoms with E-state index < -0.39 is 18.0 Å². The molecule has 0 saturated carbocycles. The number of hydrogen-bond acceptors (Lipinski definition) is 4. The van der Waals surface area contributed by atoms with Crippen molar-refractivity contribution in [3.63, 3.8) is 0 Å². The van der Waals surface area contributed by atoms with E-state index >= 15 is 0 Å². The van der Waals surface area contributed by atoms with E-state index in [2.05, 4.69) is 11.9 Å². The summed E-state index contributed by atoms with van der Waals surface area (Å²) in [5, 5.41) is 11.7. The second kappa shape index (κ2) is 7.20. The van der Waals surface area contributed by atoms with E-state index in [4.69, 9.17) is 9.84 Å². The van der Waals surface area contributed by atoms with Crippen LogP contribution in [0, 0.1) is 0 Å². The van der Waals surface area contributed by atoms with E-state index in [1.807, 2.05) is 12.1 Å². The van der Waals surface area contributed by atoms with E-state index in [-0.39, 0.29) is 6.42 Å². The van der Waals surface area contributed by atoms with Crippen molar-refractivity contribution in [1.82, 2.24) is 0 Å². The van der Waals surface area contributed by atoms with Gasteiger partial charge in [0, 0.05) is 12.2 Å².